The number of rotatable bonds is 8. The van der Waals surface area contributed by atoms with Gasteiger partial charge >= 0.3 is 0 Å². The second kappa shape index (κ2) is 10.3. The van der Waals surface area contributed by atoms with Crippen molar-refractivity contribution in [3.63, 3.8) is 0 Å². The van der Waals surface area contributed by atoms with Crippen LogP contribution in [0.15, 0.2) is 47.6 Å². The minimum atomic E-state index is -0.883. The Morgan fingerprint density at radius 3 is 2.14 bits per heavy atom. The number of hydrogen-bond donors (Lipinski definition) is 2. The molecule has 7 nitrogen and oxygen atoms in total. The van der Waals surface area contributed by atoms with Gasteiger partial charge < -0.3 is 14.8 Å². The van der Waals surface area contributed by atoms with Crippen molar-refractivity contribution >= 4 is 23.7 Å². The summed E-state index contributed by atoms with van der Waals surface area (Å²) in [6, 6.07) is 12.5. The molecule has 2 aromatic carbocycles. The predicted molar refractivity (Wildman–Crippen MR) is 113 cm³/mol. The van der Waals surface area contributed by atoms with Crippen LogP contribution in [-0.2, 0) is 9.59 Å². The van der Waals surface area contributed by atoms with E-state index in [9.17, 15) is 9.59 Å². The number of carbonyl (C=O) groups excluding carboxylic acids is 2. The standard InChI is InChI=1S/C22H27N3O4/c1-14(2)20(21(26)24-17-7-10-18(28-4)11-8-17)22(27)25-23-13-16-6-9-19(29-5)12-15(16)3/h6-14,20H,1-5H3,(H,24,26)(H,25,27). The van der Waals surface area contributed by atoms with Crippen LogP contribution in [0.5, 0.6) is 11.5 Å². The molecule has 2 rings (SSSR count). The van der Waals surface area contributed by atoms with Crippen molar-refractivity contribution in [2.45, 2.75) is 20.8 Å². The average molecular weight is 397 g/mol. The van der Waals surface area contributed by atoms with Crippen LogP contribution in [0.25, 0.3) is 0 Å². The number of amides is 2. The lowest BCUT2D eigenvalue weighted by atomic mass is 9.94. The summed E-state index contributed by atoms with van der Waals surface area (Å²) in [5.41, 5.74) is 4.86. The minimum absolute atomic E-state index is 0.203. The molecule has 0 heterocycles. The van der Waals surface area contributed by atoms with E-state index in [1.54, 1.807) is 44.7 Å². The largest absolute Gasteiger partial charge is 0.497 e. The fourth-order valence-corrected chi connectivity index (χ4v) is 2.77. The molecule has 0 aliphatic heterocycles. The minimum Gasteiger partial charge on any atom is -0.497 e. The Hall–Kier alpha value is -3.35. The van der Waals surface area contributed by atoms with Crippen LogP contribution in [-0.4, -0.2) is 32.2 Å². The zero-order valence-electron chi connectivity index (χ0n) is 17.4. The first-order valence-electron chi connectivity index (χ1n) is 9.28. The Kier molecular flexibility index (Phi) is 7.77. The predicted octanol–water partition coefficient (Wildman–Crippen LogP) is 3.37. The number of anilines is 1. The molecular formula is C22H27N3O4. The molecule has 1 atom stereocenters. The van der Waals surface area contributed by atoms with Gasteiger partial charge in [-0.1, -0.05) is 13.8 Å². The van der Waals surface area contributed by atoms with Crippen LogP contribution >= 0.6 is 0 Å². The highest BCUT2D eigenvalue weighted by Crippen LogP contribution is 2.19. The Morgan fingerprint density at radius 2 is 1.59 bits per heavy atom. The summed E-state index contributed by atoms with van der Waals surface area (Å²) in [5, 5.41) is 6.78. The Balaban J connectivity index is 2.03. The zero-order valence-corrected chi connectivity index (χ0v) is 17.4. The molecule has 2 amide bonds. The maximum Gasteiger partial charge on any atom is 0.252 e. The molecule has 0 spiro atoms. The van der Waals surface area contributed by atoms with Gasteiger partial charge in [0.15, 0.2) is 0 Å². The molecule has 154 valence electrons. The number of hydrogen-bond acceptors (Lipinski definition) is 5. The van der Waals surface area contributed by atoms with Gasteiger partial charge in [-0.2, -0.15) is 5.10 Å². The van der Waals surface area contributed by atoms with Gasteiger partial charge in [0, 0.05) is 5.69 Å². The second-order valence-electron chi connectivity index (χ2n) is 6.90. The summed E-state index contributed by atoms with van der Waals surface area (Å²) in [6.07, 6.45) is 1.55. The SMILES string of the molecule is COc1ccc(NC(=O)C(C(=O)NN=Cc2ccc(OC)cc2C)C(C)C)cc1. The summed E-state index contributed by atoms with van der Waals surface area (Å²) < 4.78 is 10.3. The number of benzene rings is 2. The molecule has 0 aromatic heterocycles. The van der Waals surface area contributed by atoms with Crippen molar-refractivity contribution in [1.82, 2.24) is 5.43 Å². The van der Waals surface area contributed by atoms with Crippen LogP contribution in [0.2, 0.25) is 0 Å². The van der Waals surface area contributed by atoms with Crippen molar-refractivity contribution in [2.24, 2.45) is 16.9 Å². The van der Waals surface area contributed by atoms with Gasteiger partial charge in [0.2, 0.25) is 5.91 Å². The summed E-state index contributed by atoms with van der Waals surface area (Å²) >= 11 is 0. The number of nitrogens with zero attached hydrogens (tertiary/aromatic N) is 1. The zero-order chi connectivity index (χ0) is 21.4. The summed E-state index contributed by atoms with van der Waals surface area (Å²) in [5.74, 6) is -0.507. The molecule has 29 heavy (non-hydrogen) atoms. The van der Waals surface area contributed by atoms with Gasteiger partial charge in [0.25, 0.3) is 5.91 Å². The summed E-state index contributed by atoms with van der Waals surface area (Å²) in [6.45, 7) is 5.55. The van der Waals surface area contributed by atoms with Crippen molar-refractivity contribution in [1.29, 1.82) is 0 Å². The first-order valence-corrected chi connectivity index (χ1v) is 9.28. The van der Waals surface area contributed by atoms with Gasteiger partial charge in [-0.3, -0.25) is 9.59 Å². The molecule has 0 saturated carbocycles. The molecule has 0 aliphatic carbocycles. The van der Waals surface area contributed by atoms with Crippen molar-refractivity contribution in [3.05, 3.63) is 53.6 Å². The number of nitrogens with one attached hydrogen (secondary N) is 2. The van der Waals surface area contributed by atoms with Gasteiger partial charge in [-0.05, 0) is 66.4 Å². The van der Waals surface area contributed by atoms with Crippen LogP contribution in [0.1, 0.15) is 25.0 Å². The molecule has 2 N–H and O–H groups in total. The lowest BCUT2D eigenvalue weighted by Gasteiger charge is -2.18. The molecule has 7 heteroatoms. The Bertz CT molecular complexity index is 876. The van der Waals surface area contributed by atoms with E-state index in [0.29, 0.717) is 11.4 Å². The van der Waals surface area contributed by atoms with Crippen LogP contribution in [0.4, 0.5) is 5.69 Å². The fraction of sp³-hybridized carbons (Fsp3) is 0.318. The van der Waals surface area contributed by atoms with E-state index in [1.807, 2.05) is 39.0 Å². The van der Waals surface area contributed by atoms with E-state index < -0.39 is 17.7 Å². The molecule has 0 saturated heterocycles. The van der Waals surface area contributed by atoms with Gasteiger partial charge in [-0.25, -0.2) is 5.43 Å². The summed E-state index contributed by atoms with van der Waals surface area (Å²) in [4.78, 5) is 25.2. The first kappa shape index (κ1) is 21.9. The highest BCUT2D eigenvalue weighted by Gasteiger charge is 2.29. The third-order valence-corrected chi connectivity index (χ3v) is 4.44. The van der Waals surface area contributed by atoms with Gasteiger partial charge in [0.1, 0.15) is 17.4 Å². The van der Waals surface area contributed by atoms with Crippen LogP contribution in [0, 0.1) is 18.8 Å². The number of ether oxygens (including phenoxy) is 2. The van der Waals surface area contributed by atoms with E-state index in [0.717, 1.165) is 16.9 Å². The summed E-state index contributed by atoms with van der Waals surface area (Å²) in [7, 11) is 3.17. The van der Waals surface area contributed by atoms with Gasteiger partial charge in [0.05, 0.1) is 20.4 Å². The van der Waals surface area contributed by atoms with Crippen LogP contribution < -0.4 is 20.2 Å². The fourth-order valence-electron chi connectivity index (χ4n) is 2.77. The normalized spacial score (nSPS) is 11.9. The highest BCUT2D eigenvalue weighted by molar-refractivity contribution is 6.06. The maximum atomic E-state index is 12.6. The Labute approximate surface area is 171 Å². The van der Waals surface area contributed by atoms with Crippen LogP contribution in [0.3, 0.4) is 0 Å². The lowest BCUT2D eigenvalue weighted by molar-refractivity contribution is -0.134. The van der Waals surface area contributed by atoms with E-state index in [2.05, 4.69) is 15.8 Å². The molecule has 0 aliphatic rings. The van der Waals surface area contributed by atoms with Crippen molar-refractivity contribution in [3.8, 4) is 11.5 Å². The monoisotopic (exact) mass is 397 g/mol. The molecule has 0 radical (unpaired) electrons. The third kappa shape index (κ3) is 6.07. The maximum absolute atomic E-state index is 12.6. The highest BCUT2D eigenvalue weighted by atomic mass is 16.5. The van der Waals surface area contributed by atoms with E-state index >= 15 is 0 Å². The topological polar surface area (TPSA) is 89.0 Å². The molecule has 0 bridgehead atoms. The van der Waals surface area contributed by atoms with Gasteiger partial charge in [-0.15, -0.1) is 0 Å². The van der Waals surface area contributed by atoms with E-state index in [1.165, 1.54) is 0 Å². The Morgan fingerprint density at radius 1 is 0.966 bits per heavy atom. The smallest absolute Gasteiger partial charge is 0.252 e. The van der Waals surface area contributed by atoms with Crippen molar-refractivity contribution < 1.29 is 19.1 Å². The molecular weight excluding hydrogens is 370 g/mol. The average Bonchev–Trinajstić information content (AvgIpc) is 2.69. The van der Waals surface area contributed by atoms with Crippen molar-refractivity contribution in [2.75, 3.05) is 19.5 Å². The third-order valence-electron chi connectivity index (χ3n) is 4.44. The number of methoxy groups -OCH3 is 2. The number of aryl methyl sites for hydroxylation is 1. The first-order chi connectivity index (χ1) is 13.8. The quantitative estimate of drug-likeness (QED) is 0.406. The molecule has 2 aromatic rings. The van der Waals surface area contributed by atoms with E-state index in [-0.39, 0.29) is 5.92 Å². The lowest BCUT2D eigenvalue weighted by Crippen LogP contribution is -2.39. The number of hydrazone groups is 1. The molecule has 0 fully saturated rings. The second-order valence-corrected chi connectivity index (χ2v) is 6.90. The number of carbonyl (C=O) groups is 2. The molecule has 1 unspecified atom stereocenters. The van der Waals surface area contributed by atoms with E-state index in [4.69, 9.17) is 9.47 Å².